The van der Waals surface area contributed by atoms with Crippen molar-refractivity contribution in [1.82, 2.24) is 0 Å². The van der Waals surface area contributed by atoms with E-state index < -0.39 is 39.9 Å². The molecule has 3 nitrogen and oxygen atoms in total. The number of carbonyl (C=O) groups is 1. The third kappa shape index (κ3) is 3.96. The summed E-state index contributed by atoms with van der Waals surface area (Å²) in [4.78, 5) is 11.2. The van der Waals surface area contributed by atoms with Crippen LogP contribution in [0.5, 0.6) is 0 Å². The highest BCUT2D eigenvalue weighted by Gasteiger charge is 2.30. The summed E-state index contributed by atoms with van der Waals surface area (Å²) in [6.45, 7) is 3.03. The Hall–Kier alpha value is -2.48. The van der Waals surface area contributed by atoms with Gasteiger partial charge in [0.25, 0.3) is 0 Å². The third-order valence-corrected chi connectivity index (χ3v) is 4.05. The lowest BCUT2D eigenvalue weighted by Gasteiger charge is -2.19. The van der Waals surface area contributed by atoms with Gasteiger partial charge >= 0.3 is 6.09 Å². The van der Waals surface area contributed by atoms with E-state index in [4.69, 9.17) is 0 Å². The molecule has 1 radical (unpaired) electrons. The molecule has 0 saturated heterocycles. The predicted octanol–water partition coefficient (Wildman–Crippen LogP) is 5.31. The fourth-order valence-electron chi connectivity index (χ4n) is 1.83. The summed E-state index contributed by atoms with van der Waals surface area (Å²) in [5.74, 6) is -6.76. The Morgan fingerprint density at radius 1 is 1.08 bits per heavy atom. The number of hydrogen-bond acceptors (Lipinski definition) is 3. The van der Waals surface area contributed by atoms with Gasteiger partial charge < -0.3 is 4.74 Å². The topological polar surface area (TPSA) is 29.5 Å². The van der Waals surface area contributed by atoms with Gasteiger partial charge in [-0.1, -0.05) is 42.6 Å². The number of rotatable bonds is 5. The van der Waals surface area contributed by atoms with Gasteiger partial charge in [0.2, 0.25) is 0 Å². The molecule has 0 aliphatic carbocycles. The van der Waals surface area contributed by atoms with Crippen LogP contribution in [-0.4, -0.2) is 12.7 Å². The highest BCUT2D eigenvalue weighted by Crippen LogP contribution is 2.38. The number of halogens is 4. The van der Waals surface area contributed by atoms with E-state index in [1.807, 2.05) is 0 Å². The van der Waals surface area contributed by atoms with Crippen LogP contribution < -0.4 is 4.90 Å². The molecule has 0 unspecified atom stereocenters. The zero-order valence-corrected chi connectivity index (χ0v) is 13.6. The first-order valence-corrected chi connectivity index (χ1v) is 7.67. The summed E-state index contributed by atoms with van der Waals surface area (Å²) < 4.78 is 61.5. The maximum absolute atomic E-state index is 14.2. The fraction of sp³-hybridized carbons (Fsp3) is 0.0588. The summed E-state index contributed by atoms with van der Waals surface area (Å²) >= 11 is 0.513. The highest BCUT2D eigenvalue weighted by molar-refractivity contribution is 7.99. The zero-order chi connectivity index (χ0) is 18.6. The first-order valence-electron chi connectivity index (χ1n) is 6.85. The Kier molecular flexibility index (Phi) is 6.08. The smallest absolute Gasteiger partial charge is 0.414 e. The van der Waals surface area contributed by atoms with E-state index in [9.17, 15) is 22.4 Å². The highest BCUT2D eigenvalue weighted by atomic mass is 32.2. The molecule has 0 saturated carbocycles. The van der Waals surface area contributed by atoms with E-state index >= 15 is 0 Å². The molecule has 1 amide bonds. The Balaban J connectivity index is 2.45. The minimum atomic E-state index is -1.75. The molecule has 0 aliphatic rings. The lowest BCUT2D eigenvalue weighted by molar-refractivity contribution is 0.168. The van der Waals surface area contributed by atoms with Crippen molar-refractivity contribution in [3.8, 4) is 0 Å². The van der Waals surface area contributed by atoms with Crippen molar-refractivity contribution in [2.75, 3.05) is 11.5 Å². The number of hydrogen-bond donors (Lipinski definition) is 0. The van der Waals surface area contributed by atoms with E-state index in [-0.39, 0.29) is 11.5 Å². The Morgan fingerprint density at radius 3 is 2.16 bits per heavy atom. The molecule has 2 rings (SSSR count). The summed E-state index contributed by atoms with van der Waals surface area (Å²) in [7, 11) is 3.08. The quantitative estimate of drug-likeness (QED) is 0.406. The van der Waals surface area contributed by atoms with Crippen molar-refractivity contribution in [2.45, 2.75) is 9.79 Å². The summed E-state index contributed by atoms with van der Waals surface area (Å²) in [5, 5.41) is 0. The van der Waals surface area contributed by atoms with Gasteiger partial charge in [-0.25, -0.2) is 22.4 Å². The Bertz CT molecular complexity index is 770. The molecule has 0 atom stereocenters. The number of nitrogens with zero attached hydrogens (tertiary/aromatic N) is 1. The summed E-state index contributed by atoms with van der Waals surface area (Å²) in [6.07, 6.45) is -0.0841. The van der Waals surface area contributed by atoms with Crippen molar-refractivity contribution in [2.24, 2.45) is 0 Å². The summed E-state index contributed by atoms with van der Waals surface area (Å²) in [6, 6.07) is 7.93. The SMILES string of the molecule is [CH2]N(C(=O)OCC=C)c1c(F)c(F)c(Sc2ccccc2)c(F)c1F. The lowest BCUT2D eigenvalue weighted by atomic mass is 10.2. The monoisotopic (exact) mass is 370 g/mol. The fourth-order valence-corrected chi connectivity index (χ4v) is 2.72. The normalized spacial score (nSPS) is 10.4. The van der Waals surface area contributed by atoms with Crippen LogP contribution in [0.4, 0.5) is 28.0 Å². The standard InChI is InChI=1S/C17H12F4NO2S/c1-3-9-24-17(23)22(2)15-11(18)13(20)16(14(21)12(15)19)25-10-7-5-4-6-8-10/h3-8H,1-2,9H2. The molecule has 8 heteroatoms. The number of ether oxygens (including phenoxy) is 1. The van der Waals surface area contributed by atoms with E-state index in [1.165, 1.54) is 18.2 Å². The molecule has 2 aromatic carbocycles. The first kappa shape index (κ1) is 18.9. The summed E-state index contributed by atoms with van der Waals surface area (Å²) in [5.41, 5.74) is -1.28. The lowest BCUT2D eigenvalue weighted by Crippen LogP contribution is -2.28. The second-order valence-electron chi connectivity index (χ2n) is 4.64. The number of amides is 1. The maximum Gasteiger partial charge on any atom is 0.414 e. The van der Waals surface area contributed by atoms with Crippen molar-refractivity contribution < 1.29 is 27.1 Å². The largest absolute Gasteiger partial charge is 0.445 e. The van der Waals surface area contributed by atoms with Crippen LogP contribution in [0.2, 0.25) is 0 Å². The van der Waals surface area contributed by atoms with Gasteiger partial charge in [-0.3, -0.25) is 4.90 Å². The van der Waals surface area contributed by atoms with Crippen LogP contribution >= 0.6 is 11.8 Å². The van der Waals surface area contributed by atoms with Gasteiger partial charge in [-0.2, -0.15) is 0 Å². The minimum absolute atomic E-state index is 0.108. The van der Waals surface area contributed by atoms with E-state index in [0.717, 1.165) is 0 Å². The molecule has 25 heavy (non-hydrogen) atoms. The molecule has 2 aromatic rings. The zero-order valence-electron chi connectivity index (χ0n) is 12.8. The maximum atomic E-state index is 14.2. The number of carbonyl (C=O) groups excluding carboxylic acids is 1. The van der Waals surface area contributed by atoms with E-state index in [2.05, 4.69) is 18.4 Å². The van der Waals surface area contributed by atoms with Gasteiger partial charge in [0.05, 0.1) is 4.90 Å². The average molecular weight is 370 g/mol. The van der Waals surface area contributed by atoms with Gasteiger partial charge in [-0.05, 0) is 12.1 Å². The van der Waals surface area contributed by atoms with Gasteiger partial charge in [0.1, 0.15) is 12.3 Å². The molecule has 0 aromatic heterocycles. The average Bonchev–Trinajstić information content (AvgIpc) is 2.62. The minimum Gasteiger partial charge on any atom is -0.445 e. The number of benzene rings is 2. The molecular formula is C17H12F4NO2S. The molecule has 0 aliphatic heterocycles. The van der Waals surface area contributed by atoms with Crippen molar-refractivity contribution >= 4 is 23.5 Å². The van der Waals surface area contributed by atoms with Crippen LogP contribution in [-0.2, 0) is 4.74 Å². The Labute approximate surface area is 145 Å². The van der Waals surface area contributed by atoms with E-state index in [1.54, 1.807) is 18.2 Å². The second-order valence-corrected chi connectivity index (χ2v) is 5.73. The van der Waals surface area contributed by atoms with Crippen molar-refractivity contribution in [3.63, 3.8) is 0 Å². The molecule has 0 spiro atoms. The Morgan fingerprint density at radius 2 is 1.64 bits per heavy atom. The third-order valence-electron chi connectivity index (χ3n) is 2.98. The molecule has 131 valence electrons. The molecule has 0 bridgehead atoms. The van der Waals surface area contributed by atoms with Crippen molar-refractivity contribution in [3.05, 3.63) is 73.3 Å². The second kappa shape index (κ2) is 8.06. The number of anilines is 1. The van der Waals surface area contributed by atoms with Crippen LogP contribution in [0.15, 0.2) is 52.8 Å². The molecule has 0 heterocycles. The van der Waals surface area contributed by atoms with Gasteiger partial charge in [0, 0.05) is 11.9 Å². The van der Waals surface area contributed by atoms with Crippen LogP contribution in [0.3, 0.4) is 0 Å². The molecule has 0 N–H and O–H groups in total. The van der Waals surface area contributed by atoms with Crippen LogP contribution in [0.25, 0.3) is 0 Å². The molecular weight excluding hydrogens is 358 g/mol. The molecule has 0 fully saturated rings. The van der Waals surface area contributed by atoms with Gasteiger partial charge in [-0.15, -0.1) is 0 Å². The predicted molar refractivity (Wildman–Crippen MR) is 86.2 cm³/mol. The first-order chi connectivity index (χ1) is 11.9. The van der Waals surface area contributed by atoms with Gasteiger partial charge in [0.15, 0.2) is 23.3 Å². The van der Waals surface area contributed by atoms with Crippen LogP contribution in [0, 0.1) is 30.3 Å². The van der Waals surface area contributed by atoms with E-state index in [0.29, 0.717) is 16.7 Å². The van der Waals surface area contributed by atoms with Crippen LogP contribution in [0.1, 0.15) is 0 Å². The van der Waals surface area contributed by atoms with Crippen molar-refractivity contribution in [1.29, 1.82) is 0 Å².